The van der Waals surface area contributed by atoms with Gasteiger partial charge in [0.15, 0.2) is 0 Å². The number of carbonyl (C=O) groups excluding carboxylic acids is 2. The van der Waals surface area contributed by atoms with Crippen molar-refractivity contribution >= 4 is 11.8 Å². The van der Waals surface area contributed by atoms with Crippen molar-refractivity contribution in [1.29, 1.82) is 0 Å². The van der Waals surface area contributed by atoms with E-state index in [2.05, 4.69) is 0 Å². The van der Waals surface area contributed by atoms with Crippen LogP contribution in [0.5, 0.6) is 0 Å². The van der Waals surface area contributed by atoms with Gasteiger partial charge in [-0.15, -0.1) is 0 Å². The van der Waals surface area contributed by atoms with E-state index in [0.717, 1.165) is 16.7 Å². The Hall–Kier alpha value is -2.62. The maximum absolute atomic E-state index is 13.0. The molecule has 0 aliphatic carbocycles. The van der Waals surface area contributed by atoms with Crippen LogP contribution in [0.4, 0.5) is 0 Å². The van der Waals surface area contributed by atoms with E-state index in [1.165, 1.54) is 0 Å². The van der Waals surface area contributed by atoms with Gasteiger partial charge in [-0.2, -0.15) is 0 Å². The smallest absolute Gasteiger partial charge is 0.254 e. The third-order valence-corrected chi connectivity index (χ3v) is 5.03. The highest BCUT2D eigenvalue weighted by Gasteiger charge is 2.20. The van der Waals surface area contributed by atoms with Crippen molar-refractivity contribution in [2.45, 2.75) is 34.6 Å². The minimum Gasteiger partial charge on any atom is -0.339 e. The van der Waals surface area contributed by atoms with Gasteiger partial charge in [0.2, 0.25) is 0 Å². The fraction of sp³-hybridized carbons (Fsp3) is 0.391. The average molecular weight is 367 g/mol. The second-order valence-electron chi connectivity index (χ2n) is 6.53. The highest BCUT2D eigenvalue weighted by atomic mass is 16.2. The summed E-state index contributed by atoms with van der Waals surface area (Å²) in [6.45, 7) is 12.6. The standard InChI is InChI=1S/C23H30N2O2/c1-6-24(7-2)22(26)18-15-14-17(5)21(16-18)19-12-10-11-13-20(19)23(27)25(8-3)9-4/h10-16H,6-9H2,1-5H3. The first kappa shape index (κ1) is 20.7. The molecule has 0 N–H and O–H groups in total. The van der Waals surface area contributed by atoms with E-state index >= 15 is 0 Å². The molecule has 27 heavy (non-hydrogen) atoms. The normalized spacial score (nSPS) is 10.6. The van der Waals surface area contributed by atoms with E-state index in [9.17, 15) is 9.59 Å². The second-order valence-corrected chi connectivity index (χ2v) is 6.53. The van der Waals surface area contributed by atoms with Gasteiger partial charge >= 0.3 is 0 Å². The molecule has 2 amide bonds. The van der Waals surface area contributed by atoms with Crippen LogP contribution in [0.25, 0.3) is 11.1 Å². The Labute approximate surface area is 162 Å². The molecule has 4 heteroatoms. The lowest BCUT2D eigenvalue weighted by Crippen LogP contribution is -2.31. The van der Waals surface area contributed by atoms with E-state index in [0.29, 0.717) is 37.3 Å². The van der Waals surface area contributed by atoms with Gasteiger partial charge in [-0.05, 0) is 69.5 Å². The van der Waals surface area contributed by atoms with Crippen LogP contribution < -0.4 is 0 Å². The van der Waals surface area contributed by atoms with Crippen molar-refractivity contribution in [1.82, 2.24) is 9.80 Å². The monoisotopic (exact) mass is 366 g/mol. The van der Waals surface area contributed by atoms with E-state index in [1.807, 2.05) is 82.0 Å². The van der Waals surface area contributed by atoms with E-state index in [4.69, 9.17) is 0 Å². The quantitative estimate of drug-likeness (QED) is 0.717. The minimum atomic E-state index is 0.0220. The summed E-state index contributed by atoms with van der Waals surface area (Å²) in [7, 11) is 0. The van der Waals surface area contributed by atoms with Gasteiger partial charge in [0.25, 0.3) is 11.8 Å². The fourth-order valence-electron chi connectivity index (χ4n) is 3.32. The lowest BCUT2D eigenvalue weighted by Gasteiger charge is -2.22. The Bertz CT molecular complexity index is 806. The molecule has 2 rings (SSSR count). The van der Waals surface area contributed by atoms with Crippen LogP contribution in [0.3, 0.4) is 0 Å². The summed E-state index contributed by atoms with van der Waals surface area (Å²) in [6, 6.07) is 13.4. The Morgan fingerprint density at radius 1 is 0.741 bits per heavy atom. The molecular formula is C23H30N2O2. The van der Waals surface area contributed by atoms with E-state index in [-0.39, 0.29) is 11.8 Å². The molecule has 0 unspecified atom stereocenters. The Morgan fingerprint density at radius 2 is 1.30 bits per heavy atom. The predicted molar refractivity (Wildman–Crippen MR) is 111 cm³/mol. The molecule has 0 aliphatic heterocycles. The molecule has 0 saturated carbocycles. The second kappa shape index (κ2) is 9.36. The number of hydrogen-bond donors (Lipinski definition) is 0. The molecule has 144 valence electrons. The number of carbonyl (C=O) groups is 2. The first-order valence-electron chi connectivity index (χ1n) is 9.76. The molecule has 2 aromatic rings. The SMILES string of the molecule is CCN(CC)C(=O)c1ccc(C)c(-c2ccccc2C(=O)N(CC)CC)c1. The van der Waals surface area contributed by atoms with Crippen LogP contribution in [0.2, 0.25) is 0 Å². The molecule has 0 atom stereocenters. The number of amides is 2. The maximum Gasteiger partial charge on any atom is 0.254 e. The first-order valence-corrected chi connectivity index (χ1v) is 9.76. The Balaban J connectivity index is 2.55. The summed E-state index contributed by atoms with van der Waals surface area (Å²) < 4.78 is 0. The van der Waals surface area contributed by atoms with Crippen molar-refractivity contribution < 1.29 is 9.59 Å². The molecule has 4 nitrogen and oxygen atoms in total. The van der Waals surface area contributed by atoms with E-state index < -0.39 is 0 Å². The van der Waals surface area contributed by atoms with Crippen LogP contribution in [0.1, 0.15) is 54.0 Å². The number of rotatable bonds is 7. The lowest BCUT2D eigenvalue weighted by atomic mass is 9.93. The summed E-state index contributed by atoms with van der Waals surface area (Å²) >= 11 is 0. The van der Waals surface area contributed by atoms with Gasteiger partial charge in [-0.1, -0.05) is 24.3 Å². The van der Waals surface area contributed by atoms with Crippen LogP contribution in [0, 0.1) is 6.92 Å². The molecule has 0 spiro atoms. The van der Waals surface area contributed by atoms with Gasteiger partial charge in [0.05, 0.1) is 0 Å². The molecule has 0 bridgehead atoms. The molecule has 0 saturated heterocycles. The van der Waals surface area contributed by atoms with Crippen molar-refractivity contribution in [3.63, 3.8) is 0 Å². The topological polar surface area (TPSA) is 40.6 Å². The van der Waals surface area contributed by atoms with E-state index in [1.54, 1.807) is 4.90 Å². The summed E-state index contributed by atoms with van der Waals surface area (Å²) in [5, 5.41) is 0. The molecule has 0 aromatic heterocycles. The zero-order valence-corrected chi connectivity index (χ0v) is 17.1. The van der Waals surface area contributed by atoms with Gasteiger partial charge in [0, 0.05) is 37.3 Å². The Morgan fingerprint density at radius 3 is 1.89 bits per heavy atom. The zero-order chi connectivity index (χ0) is 20.0. The number of aryl methyl sites for hydroxylation is 1. The predicted octanol–water partition coefficient (Wildman–Crippen LogP) is 4.63. The molecular weight excluding hydrogens is 336 g/mol. The molecule has 0 fully saturated rings. The van der Waals surface area contributed by atoms with Crippen molar-refractivity contribution in [2.24, 2.45) is 0 Å². The van der Waals surface area contributed by atoms with Crippen molar-refractivity contribution in [3.8, 4) is 11.1 Å². The highest BCUT2D eigenvalue weighted by Crippen LogP contribution is 2.29. The minimum absolute atomic E-state index is 0.0220. The van der Waals surface area contributed by atoms with Crippen molar-refractivity contribution in [2.75, 3.05) is 26.2 Å². The largest absolute Gasteiger partial charge is 0.339 e. The Kier molecular flexibility index (Phi) is 7.17. The fourth-order valence-corrected chi connectivity index (χ4v) is 3.32. The van der Waals surface area contributed by atoms with Gasteiger partial charge < -0.3 is 9.80 Å². The van der Waals surface area contributed by atoms with Gasteiger partial charge in [0.1, 0.15) is 0 Å². The van der Waals surface area contributed by atoms with Crippen molar-refractivity contribution in [3.05, 3.63) is 59.2 Å². The first-order chi connectivity index (χ1) is 13.0. The van der Waals surface area contributed by atoms with Gasteiger partial charge in [-0.3, -0.25) is 9.59 Å². The average Bonchev–Trinajstić information content (AvgIpc) is 2.70. The molecule has 2 aromatic carbocycles. The maximum atomic E-state index is 13.0. The number of nitrogens with zero attached hydrogens (tertiary/aromatic N) is 2. The highest BCUT2D eigenvalue weighted by molar-refractivity contribution is 6.02. The summed E-state index contributed by atoms with van der Waals surface area (Å²) in [6.07, 6.45) is 0. The van der Waals surface area contributed by atoms with Crippen LogP contribution >= 0.6 is 0 Å². The molecule has 0 heterocycles. The van der Waals surface area contributed by atoms with Gasteiger partial charge in [-0.25, -0.2) is 0 Å². The number of benzene rings is 2. The zero-order valence-electron chi connectivity index (χ0n) is 17.1. The summed E-state index contributed by atoms with van der Waals surface area (Å²) in [5.74, 6) is 0.0456. The van der Waals surface area contributed by atoms with Crippen LogP contribution in [0.15, 0.2) is 42.5 Å². The summed E-state index contributed by atoms with van der Waals surface area (Å²) in [5.41, 5.74) is 4.19. The van der Waals surface area contributed by atoms with Crippen LogP contribution in [-0.4, -0.2) is 47.8 Å². The summed E-state index contributed by atoms with van der Waals surface area (Å²) in [4.78, 5) is 29.4. The lowest BCUT2D eigenvalue weighted by molar-refractivity contribution is 0.0766. The van der Waals surface area contributed by atoms with Crippen LogP contribution in [-0.2, 0) is 0 Å². The molecule has 0 radical (unpaired) electrons. The molecule has 0 aliphatic rings. The third kappa shape index (κ3) is 4.38. The third-order valence-electron chi connectivity index (χ3n) is 5.03. The number of hydrogen-bond acceptors (Lipinski definition) is 2.